The van der Waals surface area contributed by atoms with Crippen LogP contribution in [0, 0.1) is 19.0 Å². The lowest BCUT2D eigenvalue weighted by atomic mass is 10.0. The van der Waals surface area contributed by atoms with Crippen molar-refractivity contribution in [1.82, 2.24) is 20.3 Å². The van der Waals surface area contributed by atoms with Crippen LogP contribution in [0.3, 0.4) is 0 Å². The molecule has 10 heteroatoms. The summed E-state index contributed by atoms with van der Waals surface area (Å²) in [4.78, 5) is 8.47. The molecule has 8 nitrogen and oxygen atoms in total. The smallest absolute Gasteiger partial charge is 0.474 e. The molecule has 0 amide bonds. The molecule has 0 bridgehead atoms. The van der Waals surface area contributed by atoms with Gasteiger partial charge >= 0.3 is 5.82 Å². The molecule has 0 radical (unpaired) electrons. The second-order valence-electron chi connectivity index (χ2n) is 6.27. The van der Waals surface area contributed by atoms with Crippen molar-refractivity contribution in [3.8, 4) is 5.69 Å². The highest BCUT2D eigenvalue weighted by Gasteiger charge is 2.23. The molecule has 2 aromatic rings. The highest BCUT2D eigenvalue weighted by atomic mass is 32.1. The van der Waals surface area contributed by atoms with Crippen molar-refractivity contribution in [1.29, 1.82) is 0 Å². The summed E-state index contributed by atoms with van der Waals surface area (Å²) in [5.74, 6) is -0.218. The van der Waals surface area contributed by atoms with Crippen molar-refractivity contribution in [3.63, 3.8) is 0 Å². The highest BCUT2D eigenvalue weighted by molar-refractivity contribution is 7.80. The van der Waals surface area contributed by atoms with E-state index < -0.39 is 0 Å². The average molecular weight is 411 g/mol. The van der Waals surface area contributed by atoms with Crippen molar-refractivity contribution >= 4 is 23.1 Å². The molecule has 0 unspecified atom stereocenters. The Morgan fingerprint density at radius 2 is 2.03 bits per heavy atom. The van der Waals surface area contributed by atoms with E-state index in [0.717, 1.165) is 5.57 Å². The molecule has 1 N–H and O–H groups in total. The number of benzene rings is 1. The van der Waals surface area contributed by atoms with Crippen LogP contribution in [-0.2, 0) is 11.3 Å². The maximum atomic E-state index is 14.8. The second-order valence-corrected chi connectivity index (χ2v) is 6.64. The summed E-state index contributed by atoms with van der Waals surface area (Å²) in [6, 6.07) is 4.90. The summed E-state index contributed by atoms with van der Waals surface area (Å²) in [7, 11) is 1.48. The van der Waals surface area contributed by atoms with Crippen LogP contribution in [0.1, 0.15) is 18.5 Å². The third-order valence-electron chi connectivity index (χ3n) is 4.57. The van der Waals surface area contributed by atoms with Crippen molar-refractivity contribution in [2.24, 2.45) is 0 Å². The number of aromatic nitrogens is 3. The van der Waals surface area contributed by atoms with Gasteiger partial charge in [0.1, 0.15) is 24.7 Å². The van der Waals surface area contributed by atoms with Gasteiger partial charge in [0.2, 0.25) is 0 Å². The number of rotatable bonds is 4. The highest BCUT2D eigenvalue weighted by Crippen LogP contribution is 2.28. The number of nitrogens with one attached hydrogen (secondary N) is 1. The molecule has 1 aromatic carbocycles. The Morgan fingerprint density at radius 1 is 1.31 bits per heavy atom. The molecule has 148 valence electrons. The van der Waals surface area contributed by atoms with Crippen molar-refractivity contribution in [2.75, 3.05) is 25.1 Å². The normalized spacial score (nSPS) is 13.4. The Hall–Kier alpha value is -3.50. The molecule has 0 aliphatic carbocycles. The number of piperidine rings is 1. The summed E-state index contributed by atoms with van der Waals surface area (Å²) in [5.41, 5.74) is 2.53. The van der Waals surface area contributed by atoms with E-state index in [2.05, 4.69) is 25.3 Å². The molecule has 0 atom stereocenters. The van der Waals surface area contributed by atoms with Crippen LogP contribution in [0.15, 0.2) is 35.8 Å². The molecule has 1 fully saturated rings. The standard InChI is InChI=1S/C19H18FN7OS/c1-21-18(22-2)13-6-8-26(9-7-13)17-5-4-15(10-16(17)20)27-12-14(24-25-27)11-23-19(29)28-3/h4-5,10,12H,6-9,11H2,3H3,(H,23,29). The maximum Gasteiger partial charge on any atom is 0.518 e. The zero-order valence-corrected chi connectivity index (χ0v) is 16.5. The van der Waals surface area contributed by atoms with E-state index in [1.54, 1.807) is 18.3 Å². The van der Waals surface area contributed by atoms with E-state index >= 15 is 0 Å². The number of nitrogens with zero attached hydrogens (tertiary/aromatic N) is 6. The number of methoxy groups -OCH3 is 1. The van der Waals surface area contributed by atoms with Crippen LogP contribution in [0.25, 0.3) is 15.4 Å². The zero-order valence-electron chi connectivity index (χ0n) is 15.7. The second kappa shape index (κ2) is 9.13. The monoisotopic (exact) mass is 411 g/mol. The zero-order chi connectivity index (χ0) is 20.8. The lowest BCUT2D eigenvalue weighted by Crippen LogP contribution is -2.31. The first kappa shape index (κ1) is 20.2. The van der Waals surface area contributed by atoms with Crippen LogP contribution in [0.4, 0.5) is 10.1 Å². The number of anilines is 1. The van der Waals surface area contributed by atoms with Gasteiger partial charge in [-0.3, -0.25) is 0 Å². The molecule has 1 saturated heterocycles. The number of hydrogen-bond acceptors (Lipinski definition) is 5. The number of halogens is 1. The largest absolute Gasteiger partial charge is 0.518 e. The minimum absolute atomic E-state index is 0.142. The topological polar surface area (TPSA) is 63.9 Å². The van der Waals surface area contributed by atoms with Gasteiger partial charge in [-0.2, -0.15) is 9.69 Å². The van der Waals surface area contributed by atoms with Gasteiger partial charge in [0.05, 0.1) is 31.2 Å². The molecule has 1 aliphatic heterocycles. The van der Waals surface area contributed by atoms with E-state index in [9.17, 15) is 4.39 Å². The van der Waals surface area contributed by atoms with Gasteiger partial charge in [0.15, 0.2) is 0 Å². The summed E-state index contributed by atoms with van der Waals surface area (Å²) < 4.78 is 21.1. The van der Waals surface area contributed by atoms with Gasteiger partial charge in [0.25, 0.3) is 5.17 Å². The predicted octanol–water partition coefficient (Wildman–Crippen LogP) is 3.08. The predicted molar refractivity (Wildman–Crippen MR) is 109 cm³/mol. The number of hydrogen-bond donors (Lipinski definition) is 1. The van der Waals surface area contributed by atoms with E-state index in [1.807, 2.05) is 4.90 Å². The van der Waals surface area contributed by atoms with Crippen LogP contribution < -0.4 is 10.2 Å². The van der Waals surface area contributed by atoms with Gasteiger partial charge < -0.3 is 15.0 Å². The van der Waals surface area contributed by atoms with Gasteiger partial charge in [-0.1, -0.05) is 5.21 Å². The van der Waals surface area contributed by atoms with E-state index in [4.69, 9.17) is 30.1 Å². The Labute approximate surface area is 173 Å². The van der Waals surface area contributed by atoms with Crippen LogP contribution in [0.5, 0.6) is 0 Å². The van der Waals surface area contributed by atoms with Gasteiger partial charge in [0, 0.05) is 24.7 Å². The third kappa shape index (κ3) is 4.68. The van der Waals surface area contributed by atoms with Gasteiger partial charge in [-0.15, -0.1) is 5.10 Å². The fraction of sp³-hybridized carbons (Fsp3) is 0.316. The summed E-state index contributed by atoms with van der Waals surface area (Å²) in [5, 5.41) is 11.2. The van der Waals surface area contributed by atoms with E-state index in [-0.39, 0.29) is 16.8 Å². The third-order valence-corrected chi connectivity index (χ3v) is 4.88. The summed E-state index contributed by atoms with van der Waals surface area (Å²) in [6.45, 7) is 15.6. The number of thiocarbonyl (C=S) groups is 1. The van der Waals surface area contributed by atoms with Crippen LogP contribution in [-0.4, -0.2) is 40.4 Å². The minimum atomic E-state index is -0.360. The van der Waals surface area contributed by atoms with Crippen molar-refractivity contribution < 1.29 is 9.13 Å². The quantitative estimate of drug-likeness (QED) is 0.616. The molecular weight excluding hydrogens is 393 g/mol. The first-order valence-electron chi connectivity index (χ1n) is 8.80. The van der Waals surface area contributed by atoms with Gasteiger partial charge in [-0.05, 0) is 37.2 Å². The Morgan fingerprint density at radius 3 is 2.66 bits per heavy atom. The Balaban J connectivity index is 1.70. The fourth-order valence-electron chi connectivity index (χ4n) is 3.06. The first-order chi connectivity index (χ1) is 14.0. The summed E-state index contributed by atoms with van der Waals surface area (Å²) in [6.07, 6.45) is 2.86. The number of ether oxygens (including phenoxy) is 1. The Kier molecular flexibility index (Phi) is 6.37. The molecular formula is C19H18FN7OS. The fourth-order valence-corrected chi connectivity index (χ4v) is 3.13. The molecule has 0 spiro atoms. The minimum Gasteiger partial charge on any atom is -0.474 e. The lowest BCUT2D eigenvalue weighted by molar-refractivity contribution is 0.392. The Bertz CT molecular complexity index is 1010. The maximum absolute atomic E-state index is 14.8. The summed E-state index contributed by atoms with van der Waals surface area (Å²) >= 11 is 4.91. The van der Waals surface area contributed by atoms with E-state index in [0.29, 0.717) is 49.5 Å². The molecule has 1 aromatic heterocycles. The first-order valence-corrected chi connectivity index (χ1v) is 9.21. The SMILES string of the molecule is [C-]#[N+]C([N+]#[C-])=C1CCN(c2ccc(-n3cc(CNC(=S)OC)nn3)cc2F)CC1. The lowest BCUT2D eigenvalue weighted by Gasteiger charge is -2.30. The molecule has 0 saturated carbocycles. The van der Waals surface area contributed by atoms with Crippen LogP contribution in [0.2, 0.25) is 0 Å². The van der Waals surface area contributed by atoms with Crippen molar-refractivity contribution in [2.45, 2.75) is 19.4 Å². The van der Waals surface area contributed by atoms with Crippen molar-refractivity contribution in [3.05, 3.63) is 70.1 Å². The average Bonchev–Trinajstić information content (AvgIpc) is 3.22. The molecule has 1 aliphatic rings. The van der Waals surface area contributed by atoms with Crippen LogP contribution >= 0.6 is 12.2 Å². The molecule has 3 rings (SSSR count). The molecule has 2 heterocycles. The van der Waals surface area contributed by atoms with E-state index in [1.165, 1.54) is 17.9 Å². The molecule has 29 heavy (non-hydrogen) atoms. The van der Waals surface area contributed by atoms with Gasteiger partial charge in [-0.25, -0.2) is 9.07 Å².